The molecule has 0 radical (unpaired) electrons. The first-order chi connectivity index (χ1) is 11.2. The van der Waals surface area contributed by atoms with Crippen molar-refractivity contribution < 1.29 is 39.6 Å². The van der Waals surface area contributed by atoms with E-state index < -0.39 is 23.9 Å². The molecular formula is C16H18O8. The Bertz CT molecular complexity index is 615. The van der Waals surface area contributed by atoms with Crippen LogP contribution in [0.25, 0.3) is 0 Å². The van der Waals surface area contributed by atoms with Crippen molar-refractivity contribution in [3.63, 3.8) is 0 Å². The van der Waals surface area contributed by atoms with Gasteiger partial charge >= 0.3 is 23.9 Å². The van der Waals surface area contributed by atoms with Crippen LogP contribution >= 0.6 is 0 Å². The molecule has 8 heteroatoms. The van der Waals surface area contributed by atoms with Crippen LogP contribution in [0, 0.1) is 0 Å². The molecule has 0 heterocycles. The van der Waals surface area contributed by atoms with Gasteiger partial charge in [0, 0.05) is 11.1 Å². The third-order valence-corrected chi connectivity index (χ3v) is 2.98. The minimum absolute atomic E-state index is 0.00926. The zero-order valence-corrected chi connectivity index (χ0v) is 13.1. The lowest BCUT2D eigenvalue weighted by Crippen LogP contribution is -2.10. The lowest BCUT2D eigenvalue weighted by Gasteiger charge is -2.03. The van der Waals surface area contributed by atoms with Crippen molar-refractivity contribution in [2.24, 2.45) is 0 Å². The summed E-state index contributed by atoms with van der Waals surface area (Å²) in [5.41, 5.74) is -0.398. The molecule has 4 N–H and O–H groups in total. The van der Waals surface area contributed by atoms with Gasteiger partial charge in [-0.25, -0.2) is 19.2 Å². The van der Waals surface area contributed by atoms with Crippen molar-refractivity contribution in [1.29, 1.82) is 0 Å². The summed E-state index contributed by atoms with van der Waals surface area (Å²) >= 11 is 0. The Morgan fingerprint density at radius 3 is 1.17 bits per heavy atom. The van der Waals surface area contributed by atoms with Crippen LogP contribution < -0.4 is 0 Å². The summed E-state index contributed by atoms with van der Waals surface area (Å²) in [7, 11) is 0. The number of carboxylic acid groups (broad SMARTS) is 4. The van der Waals surface area contributed by atoms with Crippen LogP contribution in [0.15, 0.2) is 35.4 Å². The Balaban J connectivity index is 0.000000441. The number of carboxylic acids is 4. The predicted octanol–water partition coefficient (Wildman–Crippen LogP) is 2.36. The molecule has 0 saturated carbocycles. The van der Waals surface area contributed by atoms with Crippen LogP contribution in [-0.4, -0.2) is 44.3 Å². The first-order valence-electron chi connectivity index (χ1n) is 6.91. The second-order valence-corrected chi connectivity index (χ2v) is 4.43. The number of carbonyl (C=O) groups is 4. The molecule has 0 aliphatic heterocycles. The van der Waals surface area contributed by atoms with Crippen molar-refractivity contribution in [1.82, 2.24) is 0 Å². The van der Waals surface area contributed by atoms with Gasteiger partial charge in [-0.2, -0.15) is 0 Å². The highest BCUT2D eigenvalue weighted by Crippen LogP contribution is 2.12. The molecular weight excluding hydrogens is 320 g/mol. The van der Waals surface area contributed by atoms with Gasteiger partial charge in [0.05, 0.1) is 11.1 Å². The van der Waals surface area contributed by atoms with Crippen molar-refractivity contribution in [3.05, 3.63) is 46.5 Å². The molecule has 0 aliphatic rings. The van der Waals surface area contributed by atoms with E-state index in [0.717, 1.165) is 0 Å². The monoisotopic (exact) mass is 338 g/mol. The maximum Gasteiger partial charge on any atom is 0.336 e. The topological polar surface area (TPSA) is 149 Å². The zero-order valence-electron chi connectivity index (χ0n) is 13.1. The van der Waals surface area contributed by atoms with Crippen LogP contribution in [0.1, 0.15) is 47.4 Å². The molecule has 1 aromatic rings. The molecule has 0 aromatic heterocycles. The fourth-order valence-electron chi connectivity index (χ4n) is 1.84. The van der Waals surface area contributed by atoms with E-state index in [2.05, 4.69) is 0 Å². The van der Waals surface area contributed by atoms with Crippen LogP contribution in [0.4, 0.5) is 0 Å². The molecule has 0 saturated heterocycles. The molecule has 1 rings (SSSR count). The molecule has 0 aliphatic carbocycles. The highest BCUT2D eigenvalue weighted by atomic mass is 16.4. The minimum atomic E-state index is -1.23. The maximum absolute atomic E-state index is 10.5. The third-order valence-electron chi connectivity index (χ3n) is 2.98. The Morgan fingerprint density at radius 2 is 1.00 bits per heavy atom. The summed E-state index contributed by atoms with van der Waals surface area (Å²) < 4.78 is 0. The van der Waals surface area contributed by atoms with Gasteiger partial charge in [0.25, 0.3) is 0 Å². The molecule has 8 nitrogen and oxygen atoms in total. The summed E-state index contributed by atoms with van der Waals surface area (Å²) in [6.45, 7) is 3.25. The van der Waals surface area contributed by atoms with Gasteiger partial charge in [-0.15, -0.1) is 0 Å². The van der Waals surface area contributed by atoms with E-state index in [1.807, 2.05) is 0 Å². The van der Waals surface area contributed by atoms with Gasteiger partial charge in [0.1, 0.15) is 0 Å². The highest BCUT2D eigenvalue weighted by molar-refractivity contribution is 6.01. The molecule has 130 valence electrons. The molecule has 0 spiro atoms. The highest BCUT2D eigenvalue weighted by Gasteiger charge is 2.16. The van der Waals surface area contributed by atoms with Crippen LogP contribution in [0.3, 0.4) is 0 Å². The Morgan fingerprint density at radius 1 is 0.708 bits per heavy atom. The van der Waals surface area contributed by atoms with Crippen molar-refractivity contribution in [2.45, 2.75) is 26.7 Å². The SMILES string of the molecule is CCC(C(=O)O)=C(CC)C(=O)O.O=C(O)c1ccccc1C(=O)O. The van der Waals surface area contributed by atoms with Crippen molar-refractivity contribution >= 4 is 23.9 Å². The zero-order chi connectivity index (χ0) is 18.9. The number of hydrogen-bond acceptors (Lipinski definition) is 4. The van der Waals surface area contributed by atoms with E-state index in [-0.39, 0.29) is 35.1 Å². The number of benzene rings is 1. The van der Waals surface area contributed by atoms with Crippen molar-refractivity contribution in [3.8, 4) is 0 Å². The van der Waals surface area contributed by atoms with Gasteiger partial charge in [-0.05, 0) is 25.0 Å². The van der Waals surface area contributed by atoms with E-state index in [9.17, 15) is 19.2 Å². The largest absolute Gasteiger partial charge is 0.478 e. The fraction of sp³-hybridized carbons (Fsp3) is 0.250. The van der Waals surface area contributed by atoms with E-state index in [1.54, 1.807) is 13.8 Å². The molecule has 24 heavy (non-hydrogen) atoms. The van der Waals surface area contributed by atoms with Crippen molar-refractivity contribution in [2.75, 3.05) is 0 Å². The lowest BCUT2D eigenvalue weighted by molar-refractivity contribution is -0.136. The summed E-state index contributed by atoms with van der Waals surface area (Å²) in [6.07, 6.45) is 0.482. The number of hydrogen-bond donors (Lipinski definition) is 4. The Kier molecular flexibility index (Phi) is 8.49. The lowest BCUT2D eigenvalue weighted by atomic mass is 10.0. The second kappa shape index (κ2) is 9.78. The van der Waals surface area contributed by atoms with E-state index in [4.69, 9.17) is 20.4 Å². The first-order valence-corrected chi connectivity index (χ1v) is 6.91. The van der Waals surface area contributed by atoms with Crippen LogP contribution in [0.5, 0.6) is 0 Å². The summed E-state index contributed by atoms with van der Waals surface area (Å²) in [4.78, 5) is 42.0. The van der Waals surface area contributed by atoms with Gasteiger partial charge in [0.15, 0.2) is 0 Å². The van der Waals surface area contributed by atoms with E-state index in [1.165, 1.54) is 24.3 Å². The van der Waals surface area contributed by atoms with Gasteiger partial charge < -0.3 is 20.4 Å². The quantitative estimate of drug-likeness (QED) is 0.577. The maximum atomic E-state index is 10.5. The molecule has 0 amide bonds. The third kappa shape index (κ3) is 5.91. The molecule has 0 atom stereocenters. The molecule has 1 aromatic carbocycles. The normalized spacial score (nSPS) is 10.8. The number of aliphatic carboxylic acids is 2. The standard InChI is InChI=1S/C8H6O4.C8H12O4/c9-7(10)5-3-1-2-4-6(5)8(11)12;1-3-5(7(9)10)6(4-2)8(11)12/h1-4H,(H,9,10)(H,11,12);3-4H2,1-2H3,(H,9,10)(H,11,12). The Labute approximate surface area is 137 Å². The Hall–Kier alpha value is -3.16. The average molecular weight is 338 g/mol. The first kappa shape index (κ1) is 20.8. The van der Waals surface area contributed by atoms with Gasteiger partial charge in [-0.1, -0.05) is 26.0 Å². The summed E-state index contributed by atoms with van der Waals surface area (Å²) in [5, 5.41) is 34.3. The van der Waals surface area contributed by atoms with Gasteiger partial charge in [-0.3, -0.25) is 0 Å². The van der Waals surface area contributed by atoms with E-state index >= 15 is 0 Å². The minimum Gasteiger partial charge on any atom is -0.478 e. The molecule has 0 bridgehead atoms. The second-order valence-electron chi connectivity index (χ2n) is 4.43. The summed E-state index contributed by atoms with van der Waals surface area (Å²) in [6, 6.07) is 5.48. The predicted molar refractivity (Wildman–Crippen MR) is 83.2 cm³/mol. The average Bonchev–Trinajstić information content (AvgIpc) is 2.52. The summed E-state index contributed by atoms with van der Waals surface area (Å²) in [5.74, 6) is -4.74. The smallest absolute Gasteiger partial charge is 0.336 e. The molecule has 0 fully saturated rings. The van der Waals surface area contributed by atoms with Crippen LogP contribution in [-0.2, 0) is 9.59 Å². The van der Waals surface area contributed by atoms with Gasteiger partial charge in [0.2, 0.25) is 0 Å². The number of aromatic carboxylic acids is 2. The fourth-order valence-corrected chi connectivity index (χ4v) is 1.84. The van der Waals surface area contributed by atoms with Crippen LogP contribution in [0.2, 0.25) is 0 Å². The van der Waals surface area contributed by atoms with E-state index in [0.29, 0.717) is 0 Å². The number of rotatable bonds is 6. The molecule has 0 unspecified atom stereocenters.